The molecule has 2 aliphatic heterocycles. The van der Waals surface area contributed by atoms with Crippen LogP contribution in [-0.4, -0.2) is 69.9 Å². The number of H-pyrrole nitrogens is 1. The van der Waals surface area contributed by atoms with E-state index in [0.717, 1.165) is 12.0 Å². The fraction of sp³-hybridized carbons (Fsp3) is 0.333. The van der Waals surface area contributed by atoms with Gasteiger partial charge >= 0.3 is 0 Å². The van der Waals surface area contributed by atoms with E-state index in [1.54, 1.807) is 29.3 Å². The van der Waals surface area contributed by atoms with Crippen LogP contribution in [0.4, 0.5) is 10.3 Å². The summed E-state index contributed by atoms with van der Waals surface area (Å²) in [7, 11) is 0. The first-order valence-electron chi connectivity index (χ1n) is 13.6. The second-order valence-electron chi connectivity index (χ2n) is 10.2. The van der Waals surface area contributed by atoms with Crippen LogP contribution in [0.2, 0.25) is 0 Å². The number of aromatic amines is 1. The van der Waals surface area contributed by atoms with Crippen LogP contribution < -0.4 is 5.32 Å². The number of morpholine rings is 1. The molecule has 0 aliphatic carbocycles. The Bertz CT molecular complexity index is 1460. The monoisotopic (exact) mass is 558 g/mol. The van der Waals surface area contributed by atoms with E-state index in [9.17, 15) is 9.18 Å². The van der Waals surface area contributed by atoms with Crippen molar-refractivity contribution < 1.29 is 23.4 Å². The number of nitrogens with zero attached hydrogens (tertiary/aromatic N) is 4. The summed E-state index contributed by atoms with van der Waals surface area (Å²) in [5, 5.41) is 3.27. The van der Waals surface area contributed by atoms with Gasteiger partial charge in [0.25, 0.3) is 0 Å². The van der Waals surface area contributed by atoms with E-state index in [4.69, 9.17) is 24.2 Å². The molecule has 3 unspecified atom stereocenters. The van der Waals surface area contributed by atoms with Gasteiger partial charge in [-0.25, -0.2) is 19.3 Å². The van der Waals surface area contributed by atoms with Crippen molar-refractivity contribution in [3.05, 3.63) is 84.1 Å². The summed E-state index contributed by atoms with van der Waals surface area (Å²) in [4.78, 5) is 31.6. The van der Waals surface area contributed by atoms with E-state index in [1.165, 1.54) is 12.1 Å². The number of carbonyl (C=O) groups is 1. The van der Waals surface area contributed by atoms with Gasteiger partial charge < -0.3 is 29.4 Å². The molecule has 212 valence electrons. The zero-order valence-electron chi connectivity index (χ0n) is 22.6. The van der Waals surface area contributed by atoms with Gasteiger partial charge in [0.2, 0.25) is 12.4 Å². The van der Waals surface area contributed by atoms with Crippen molar-refractivity contribution in [2.45, 2.75) is 31.7 Å². The lowest BCUT2D eigenvalue weighted by molar-refractivity contribution is -0.184. The molecular formula is C30H31FN6O4. The van der Waals surface area contributed by atoms with Crippen LogP contribution in [0.3, 0.4) is 0 Å². The number of halogens is 1. The summed E-state index contributed by atoms with van der Waals surface area (Å²) in [6.07, 6.45) is 1.97. The Morgan fingerprint density at radius 3 is 2.59 bits per heavy atom. The number of imidazole rings is 1. The van der Waals surface area contributed by atoms with Crippen LogP contribution >= 0.6 is 0 Å². The van der Waals surface area contributed by atoms with Crippen LogP contribution in [0, 0.1) is 11.7 Å². The van der Waals surface area contributed by atoms with Gasteiger partial charge in [-0.1, -0.05) is 30.3 Å². The van der Waals surface area contributed by atoms with Gasteiger partial charge in [0.15, 0.2) is 0 Å². The molecule has 4 aromatic rings. The molecule has 1 amide bonds. The number of benzene rings is 2. The van der Waals surface area contributed by atoms with E-state index in [1.807, 2.05) is 37.3 Å². The van der Waals surface area contributed by atoms with E-state index in [2.05, 4.69) is 15.3 Å². The number of anilines is 1. The fourth-order valence-electron chi connectivity index (χ4n) is 5.37. The van der Waals surface area contributed by atoms with Crippen molar-refractivity contribution >= 4 is 12.4 Å². The summed E-state index contributed by atoms with van der Waals surface area (Å²) in [6, 6.07) is 17.4. The molecule has 0 saturated carbocycles. The lowest BCUT2D eigenvalue weighted by Gasteiger charge is -2.46. The molecule has 10 nitrogen and oxygen atoms in total. The van der Waals surface area contributed by atoms with Gasteiger partial charge in [-0.3, -0.25) is 4.79 Å². The molecule has 41 heavy (non-hydrogen) atoms. The van der Waals surface area contributed by atoms with E-state index < -0.39 is 6.10 Å². The zero-order valence-corrected chi connectivity index (χ0v) is 22.6. The molecule has 2 aliphatic rings. The lowest BCUT2D eigenvalue weighted by Crippen LogP contribution is -2.57. The maximum Gasteiger partial charge on any atom is 0.223 e. The lowest BCUT2D eigenvalue weighted by atomic mass is 9.91. The standard InChI is InChI=1S/C30H31FN6O4/c1-19-14-41-28(27(37(19)17-38)22-15-39-18-40-16-22)29-35-25(21-7-9-23(31)10-8-21)26(36-29)24-11-12-32-30(34-24)33-13-20-5-3-2-4-6-20/h2-12,17,19,22,27-28H,13-16,18H2,1H3,(H,35,36)(H,32,33,34). The van der Waals surface area contributed by atoms with Crippen molar-refractivity contribution in [2.75, 3.05) is 31.9 Å². The fourth-order valence-corrected chi connectivity index (χ4v) is 5.37. The molecule has 0 radical (unpaired) electrons. The van der Waals surface area contributed by atoms with Crippen LogP contribution in [-0.2, 0) is 25.5 Å². The third-order valence-corrected chi connectivity index (χ3v) is 7.43. The smallest absolute Gasteiger partial charge is 0.223 e. The molecule has 0 spiro atoms. The van der Waals surface area contributed by atoms with Gasteiger partial charge in [0.1, 0.15) is 24.5 Å². The van der Waals surface area contributed by atoms with E-state index >= 15 is 0 Å². The van der Waals surface area contributed by atoms with Gasteiger partial charge in [-0.05, 0) is 42.8 Å². The minimum Gasteiger partial charge on any atom is -0.366 e. The van der Waals surface area contributed by atoms with E-state index in [-0.39, 0.29) is 30.6 Å². The average molecular weight is 559 g/mol. The third-order valence-electron chi connectivity index (χ3n) is 7.43. The van der Waals surface area contributed by atoms with Crippen LogP contribution in [0.15, 0.2) is 66.9 Å². The molecule has 11 heteroatoms. The normalized spacial score (nSPS) is 21.5. The SMILES string of the molecule is CC1COC(c2nc(-c3ccc(F)cc3)c(-c3ccnc(NCc4ccccc4)n3)[nH]2)C(C2COCOC2)N1C=O. The first-order valence-corrected chi connectivity index (χ1v) is 13.6. The molecule has 0 bridgehead atoms. The summed E-state index contributed by atoms with van der Waals surface area (Å²) in [6.45, 7) is 3.94. The number of ether oxygens (including phenoxy) is 3. The molecule has 4 heterocycles. The molecule has 2 aromatic heterocycles. The molecule has 2 saturated heterocycles. The topological polar surface area (TPSA) is 114 Å². The molecular weight excluding hydrogens is 527 g/mol. The Labute approximate surface area is 236 Å². The largest absolute Gasteiger partial charge is 0.366 e. The zero-order chi connectivity index (χ0) is 28.2. The highest BCUT2D eigenvalue weighted by Gasteiger charge is 2.44. The second kappa shape index (κ2) is 12.1. The maximum atomic E-state index is 13.8. The van der Waals surface area contributed by atoms with Crippen LogP contribution in [0.5, 0.6) is 0 Å². The first-order chi connectivity index (χ1) is 20.1. The Kier molecular flexibility index (Phi) is 7.99. The highest BCUT2D eigenvalue weighted by Crippen LogP contribution is 2.38. The number of rotatable bonds is 8. The Hall–Kier alpha value is -4.19. The average Bonchev–Trinajstić information content (AvgIpc) is 3.47. The molecule has 6 rings (SSSR count). The summed E-state index contributed by atoms with van der Waals surface area (Å²) < 4.78 is 31.3. The third kappa shape index (κ3) is 5.83. The second-order valence-corrected chi connectivity index (χ2v) is 10.2. The highest BCUT2D eigenvalue weighted by molar-refractivity contribution is 5.77. The maximum absolute atomic E-state index is 13.8. The highest BCUT2D eigenvalue weighted by atomic mass is 19.1. The molecule has 2 fully saturated rings. The molecule has 3 atom stereocenters. The summed E-state index contributed by atoms with van der Waals surface area (Å²) in [5.41, 5.74) is 3.63. The predicted molar refractivity (Wildman–Crippen MR) is 149 cm³/mol. The number of carbonyl (C=O) groups excluding carboxylic acids is 1. The van der Waals surface area contributed by atoms with Gasteiger partial charge in [0.05, 0.1) is 49.0 Å². The van der Waals surface area contributed by atoms with Crippen molar-refractivity contribution in [2.24, 2.45) is 5.92 Å². The number of hydrogen-bond donors (Lipinski definition) is 2. The van der Waals surface area contributed by atoms with Crippen molar-refractivity contribution in [3.8, 4) is 22.6 Å². The number of hydrogen-bond acceptors (Lipinski definition) is 8. The number of nitrogens with one attached hydrogen (secondary N) is 2. The Balaban J connectivity index is 1.38. The van der Waals surface area contributed by atoms with Crippen molar-refractivity contribution in [3.63, 3.8) is 0 Å². The van der Waals surface area contributed by atoms with Crippen molar-refractivity contribution in [1.29, 1.82) is 0 Å². The van der Waals surface area contributed by atoms with Crippen LogP contribution in [0.25, 0.3) is 22.6 Å². The number of aromatic nitrogens is 4. The minimum atomic E-state index is -0.572. The minimum absolute atomic E-state index is 0.114. The number of amides is 1. The Morgan fingerprint density at radius 2 is 1.83 bits per heavy atom. The van der Waals surface area contributed by atoms with Gasteiger partial charge in [0, 0.05) is 24.2 Å². The summed E-state index contributed by atoms with van der Waals surface area (Å²) in [5.74, 6) is 0.532. The van der Waals surface area contributed by atoms with E-state index in [0.29, 0.717) is 60.8 Å². The van der Waals surface area contributed by atoms with Crippen molar-refractivity contribution in [1.82, 2.24) is 24.8 Å². The van der Waals surface area contributed by atoms with Gasteiger partial charge in [-0.15, -0.1) is 0 Å². The Morgan fingerprint density at radius 1 is 1.05 bits per heavy atom. The quantitative estimate of drug-likeness (QED) is 0.310. The molecule has 2 aromatic carbocycles. The summed E-state index contributed by atoms with van der Waals surface area (Å²) >= 11 is 0. The predicted octanol–water partition coefficient (Wildman–Crippen LogP) is 4.19. The molecule has 2 N–H and O–H groups in total. The first kappa shape index (κ1) is 27.0. The van der Waals surface area contributed by atoms with Crippen LogP contribution in [0.1, 0.15) is 24.4 Å². The van der Waals surface area contributed by atoms with Gasteiger partial charge in [-0.2, -0.15) is 0 Å².